The maximum Gasteiger partial charge on any atom is 0.0783 e. The summed E-state index contributed by atoms with van der Waals surface area (Å²) in [6.45, 7) is 9.61. The Labute approximate surface area is 71.4 Å². The zero-order valence-corrected chi connectivity index (χ0v) is 9.07. The number of hydrogen-bond donors (Lipinski definition) is 0. The molecule has 0 aromatic carbocycles. The quantitative estimate of drug-likeness (QED) is 0.441. The van der Waals surface area contributed by atoms with Crippen LogP contribution in [-0.4, -0.2) is 23.6 Å². The Balaban J connectivity index is 2.73. The van der Waals surface area contributed by atoms with E-state index >= 15 is 0 Å². The lowest BCUT2D eigenvalue weighted by Crippen LogP contribution is -2.17. The monoisotopic (exact) mass is 171 g/mol. The third-order valence-corrected chi connectivity index (χ3v) is 9.01. The Morgan fingerprint density at radius 3 is 1.45 bits per heavy atom. The van der Waals surface area contributed by atoms with Crippen molar-refractivity contribution < 1.29 is 0 Å². The van der Waals surface area contributed by atoms with Crippen molar-refractivity contribution in [3.8, 4) is 0 Å². The molecule has 0 radical (unpaired) electrons. The molecule has 1 aliphatic heterocycles. The first kappa shape index (κ1) is 9.26. The van der Waals surface area contributed by atoms with Crippen LogP contribution in [0.4, 0.5) is 0 Å². The van der Waals surface area contributed by atoms with Crippen molar-refractivity contribution in [2.45, 2.75) is 39.0 Å². The summed E-state index contributed by atoms with van der Waals surface area (Å²) in [5, 5.41) is 0. The molecule has 0 aromatic rings. The van der Waals surface area contributed by atoms with Gasteiger partial charge in [-0.15, -0.1) is 0 Å². The van der Waals surface area contributed by atoms with Gasteiger partial charge in [-0.3, -0.25) is 0 Å². The van der Waals surface area contributed by atoms with Crippen LogP contribution >= 0.6 is 7.26 Å². The maximum absolute atomic E-state index is 2.40. The summed E-state index contributed by atoms with van der Waals surface area (Å²) >= 11 is 0. The van der Waals surface area contributed by atoms with E-state index in [0.717, 1.165) is 11.3 Å². The molecule has 1 heterocycles. The highest BCUT2D eigenvalue weighted by molar-refractivity contribution is 7.77. The molecule has 0 fully saturated rings. The lowest BCUT2D eigenvalue weighted by atomic mass is 10.5. The third kappa shape index (κ3) is 1.51. The number of rotatable bonds is 2. The third-order valence-electron chi connectivity index (χ3n) is 3.11. The average Bonchev–Trinajstić information content (AvgIpc) is 2.34. The van der Waals surface area contributed by atoms with Gasteiger partial charge < -0.3 is 0 Å². The molecule has 0 aromatic heterocycles. The van der Waals surface area contributed by atoms with Gasteiger partial charge in [0, 0.05) is 7.26 Å². The molecule has 0 unspecified atom stereocenters. The normalized spacial score (nSPS) is 22.0. The van der Waals surface area contributed by atoms with E-state index in [0.29, 0.717) is 0 Å². The topological polar surface area (TPSA) is 0 Å². The molecule has 64 valence electrons. The molecule has 0 bridgehead atoms. The summed E-state index contributed by atoms with van der Waals surface area (Å²) in [5.74, 6) is 0. The molecule has 0 saturated heterocycles. The Kier molecular flexibility index (Phi) is 2.75. The zero-order valence-electron chi connectivity index (χ0n) is 8.17. The van der Waals surface area contributed by atoms with Gasteiger partial charge in [0.25, 0.3) is 0 Å². The van der Waals surface area contributed by atoms with Crippen molar-refractivity contribution >= 4 is 7.26 Å². The first-order valence-corrected chi connectivity index (χ1v) is 6.91. The zero-order chi connectivity index (χ0) is 8.48. The van der Waals surface area contributed by atoms with Crippen LogP contribution in [0.2, 0.25) is 0 Å². The van der Waals surface area contributed by atoms with Crippen LogP contribution in [0.3, 0.4) is 0 Å². The van der Waals surface area contributed by atoms with Crippen molar-refractivity contribution in [1.29, 1.82) is 0 Å². The van der Waals surface area contributed by atoms with Gasteiger partial charge >= 0.3 is 0 Å². The Morgan fingerprint density at radius 2 is 1.27 bits per heavy atom. The predicted octanol–water partition coefficient (Wildman–Crippen LogP) is 3.39. The largest absolute Gasteiger partial charge is 0.0783 e. The summed E-state index contributed by atoms with van der Waals surface area (Å²) in [6.07, 6.45) is 7.60. The van der Waals surface area contributed by atoms with Gasteiger partial charge in [0.1, 0.15) is 0 Å². The van der Waals surface area contributed by atoms with Gasteiger partial charge in [0.15, 0.2) is 0 Å². The van der Waals surface area contributed by atoms with E-state index in [1.807, 2.05) is 0 Å². The molecule has 0 spiro atoms. The number of hydrogen-bond acceptors (Lipinski definition) is 0. The molecule has 11 heavy (non-hydrogen) atoms. The molecule has 0 amide bonds. The summed E-state index contributed by atoms with van der Waals surface area (Å²) in [5.41, 5.74) is 1.86. The Morgan fingerprint density at radius 1 is 0.909 bits per heavy atom. The van der Waals surface area contributed by atoms with Crippen LogP contribution in [-0.2, 0) is 0 Å². The lowest BCUT2D eigenvalue weighted by Gasteiger charge is -2.30. The molecule has 1 aliphatic rings. The van der Waals surface area contributed by atoms with E-state index in [-0.39, 0.29) is 0 Å². The van der Waals surface area contributed by atoms with E-state index in [2.05, 4.69) is 39.8 Å². The molecule has 0 aliphatic carbocycles. The minimum atomic E-state index is -0.602. The van der Waals surface area contributed by atoms with Gasteiger partial charge in [-0.2, -0.15) is 0 Å². The summed E-state index contributed by atoms with van der Waals surface area (Å²) in [6, 6.07) is 0. The van der Waals surface area contributed by atoms with E-state index in [1.165, 1.54) is 12.3 Å². The van der Waals surface area contributed by atoms with Crippen LogP contribution in [0, 0.1) is 0 Å². The Bertz CT molecular complexity index is 138. The van der Waals surface area contributed by atoms with Crippen LogP contribution in [0.25, 0.3) is 0 Å². The van der Waals surface area contributed by atoms with Gasteiger partial charge in [0.2, 0.25) is 0 Å². The second-order valence-corrected chi connectivity index (χ2v) is 9.13. The minimum Gasteiger partial charge on any atom is -0.0480 e. The van der Waals surface area contributed by atoms with Crippen molar-refractivity contribution in [1.82, 2.24) is 0 Å². The summed E-state index contributed by atoms with van der Waals surface area (Å²) in [4.78, 5) is 0. The van der Waals surface area contributed by atoms with Crippen molar-refractivity contribution in [2.75, 3.05) is 12.3 Å². The van der Waals surface area contributed by atoms with Gasteiger partial charge in [-0.25, -0.2) is 0 Å². The first-order valence-electron chi connectivity index (χ1n) is 4.61. The molecule has 0 N–H and O–H groups in total. The molecule has 0 nitrogen and oxygen atoms in total. The highest BCUT2D eigenvalue weighted by Crippen LogP contribution is 2.68. The van der Waals surface area contributed by atoms with E-state index in [9.17, 15) is 0 Å². The van der Waals surface area contributed by atoms with Gasteiger partial charge in [0.05, 0.1) is 23.6 Å². The van der Waals surface area contributed by atoms with Crippen LogP contribution < -0.4 is 0 Å². The van der Waals surface area contributed by atoms with Crippen molar-refractivity contribution in [2.24, 2.45) is 0 Å². The smallest absolute Gasteiger partial charge is 0.0480 e. The average molecular weight is 171 g/mol. The van der Waals surface area contributed by atoms with E-state index < -0.39 is 7.26 Å². The molecular weight excluding hydrogens is 151 g/mol. The fourth-order valence-corrected chi connectivity index (χ4v) is 6.17. The standard InChI is InChI=1S/C10H20P/c1-9(2)11(10(3)4)7-5-6-8-11/h5-6,9-10H,7-8H2,1-4H3/q+1. The number of allylic oxidation sites excluding steroid dienone is 2. The molecular formula is C10H20P+. The Hall–Kier alpha value is 0.170. The minimum absolute atomic E-state index is 0.602. The maximum atomic E-state index is 2.40. The predicted molar refractivity (Wildman–Crippen MR) is 56.1 cm³/mol. The second kappa shape index (κ2) is 3.27. The molecule has 1 heteroatoms. The fourth-order valence-electron chi connectivity index (χ4n) is 2.06. The van der Waals surface area contributed by atoms with Crippen LogP contribution in [0.15, 0.2) is 12.2 Å². The van der Waals surface area contributed by atoms with Crippen molar-refractivity contribution in [3.63, 3.8) is 0 Å². The van der Waals surface area contributed by atoms with Crippen LogP contribution in [0.1, 0.15) is 27.7 Å². The lowest BCUT2D eigenvalue weighted by molar-refractivity contribution is 0.981. The summed E-state index contributed by atoms with van der Waals surface area (Å²) < 4.78 is 0. The summed E-state index contributed by atoms with van der Waals surface area (Å²) in [7, 11) is -0.602. The van der Waals surface area contributed by atoms with E-state index in [4.69, 9.17) is 0 Å². The molecule has 1 rings (SSSR count). The molecule has 0 saturated carbocycles. The second-order valence-electron chi connectivity index (χ2n) is 4.13. The molecule has 0 atom stereocenters. The highest BCUT2D eigenvalue weighted by atomic mass is 31.2. The SMILES string of the molecule is CC(C)[P+]1(C(C)C)CC=CC1. The van der Waals surface area contributed by atoms with E-state index in [1.54, 1.807) is 0 Å². The van der Waals surface area contributed by atoms with Crippen molar-refractivity contribution in [3.05, 3.63) is 12.2 Å². The van der Waals surface area contributed by atoms with Gasteiger partial charge in [-0.1, -0.05) is 0 Å². The fraction of sp³-hybridized carbons (Fsp3) is 0.800. The van der Waals surface area contributed by atoms with Gasteiger partial charge in [-0.05, 0) is 39.8 Å². The van der Waals surface area contributed by atoms with Crippen LogP contribution in [0.5, 0.6) is 0 Å². The first-order chi connectivity index (χ1) is 5.09. The highest BCUT2D eigenvalue weighted by Gasteiger charge is 2.44.